The Morgan fingerprint density at radius 1 is 1.32 bits per heavy atom. The molecule has 3 nitrogen and oxygen atoms in total. The number of hydrogen-bond donors (Lipinski definition) is 1. The van der Waals surface area contributed by atoms with Crippen LogP contribution in [0.4, 0.5) is 0 Å². The molecule has 0 aliphatic carbocycles. The van der Waals surface area contributed by atoms with Gasteiger partial charge in [0.2, 0.25) is 0 Å². The summed E-state index contributed by atoms with van der Waals surface area (Å²) in [6.07, 6.45) is 4.06. The number of carboxylic acid groups (broad SMARTS) is 1. The fraction of sp³-hybridized carbons (Fsp3) is 0.562. The minimum absolute atomic E-state index is 0.114. The summed E-state index contributed by atoms with van der Waals surface area (Å²) in [4.78, 5) is 13.1. The normalized spacial score (nSPS) is 19.7. The quantitative estimate of drug-likeness (QED) is 0.856. The van der Waals surface area contributed by atoms with Crippen LogP contribution in [0.3, 0.4) is 0 Å². The van der Waals surface area contributed by atoms with E-state index in [-0.39, 0.29) is 6.42 Å². The number of benzene rings is 1. The van der Waals surface area contributed by atoms with Gasteiger partial charge >= 0.3 is 5.97 Å². The average molecular weight is 261 g/mol. The van der Waals surface area contributed by atoms with E-state index in [2.05, 4.69) is 24.0 Å². The van der Waals surface area contributed by atoms with Crippen molar-refractivity contribution in [2.24, 2.45) is 5.92 Å². The Labute approximate surface area is 115 Å². The maximum atomic E-state index is 10.6. The summed E-state index contributed by atoms with van der Waals surface area (Å²) in [5.41, 5.74) is 2.16. The van der Waals surface area contributed by atoms with Gasteiger partial charge in [-0.15, -0.1) is 0 Å². The van der Waals surface area contributed by atoms with Crippen molar-refractivity contribution < 1.29 is 9.90 Å². The highest BCUT2D eigenvalue weighted by Crippen LogP contribution is 2.22. The lowest BCUT2D eigenvalue weighted by molar-refractivity contribution is -0.136. The minimum Gasteiger partial charge on any atom is -0.481 e. The van der Waals surface area contributed by atoms with Crippen LogP contribution in [-0.2, 0) is 17.8 Å². The molecule has 0 amide bonds. The Balaban J connectivity index is 1.85. The molecular weight excluding hydrogens is 238 g/mol. The monoisotopic (exact) mass is 261 g/mol. The summed E-state index contributed by atoms with van der Waals surface area (Å²) in [7, 11) is 0. The molecule has 1 atom stereocenters. The summed E-state index contributed by atoms with van der Waals surface area (Å²) < 4.78 is 0. The van der Waals surface area contributed by atoms with Gasteiger partial charge in [-0.25, -0.2) is 0 Å². The van der Waals surface area contributed by atoms with Crippen LogP contribution >= 0.6 is 0 Å². The molecule has 0 radical (unpaired) electrons. The molecule has 1 fully saturated rings. The van der Waals surface area contributed by atoms with Crippen molar-refractivity contribution in [3.8, 4) is 0 Å². The first-order chi connectivity index (χ1) is 9.17. The van der Waals surface area contributed by atoms with Gasteiger partial charge in [0, 0.05) is 13.1 Å². The summed E-state index contributed by atoms with van der Waals surface area (Å²) in [5, 5.41) is 8.74. The molecule has 0 bridgehead atoms. The molecule has 1 heterocycles. The van der Waals surface area contributed by atoms with Crippen LogP contribution in [-0.4, -0.2) is 29.1 Å². The van der Waals surface area contributed by atoms with Gasteiger partial charge in [-0.2, -0.15) is 0 Å². The Morgan fingerprint density at radius 2 is 2.00 bits per heavy atom. The zero-order chi connectivity index (χ0) is 13.7. The number of likely N-dealkylation sites (tertiary alicyclic amines) is 1. The molecule has 0 aromatic heterocycles. The van der Waals surface area contributed by atoms with E-state index in [0.29, 0.717) is 0 Å². The third kappa shape index (κ3) is 4.35. The lowest BCUT2D eigenvalue weighted by atomic mass is 10.0. The Bertz CT molecular complexity index is 413. The highest BCUT2D eigenvalue weighted by Gasteiger charge is 2.21. The molecule has 1 aromatic carbocycles. The first-order valence-corrected chi connectivity index (χ1v) is 7.19. The fourth-order valence-corrected chi connectivity index (χ4v) is 2.90. The van der Waals surface area contributed by atoms with E-state index in [1.807, 2.05) is 12.1 Å². The Hall–Kier alpha value is -1.35. The van der Waals surface area contributed by atoms with Crippen LogP contribution in [0.5, 0.6) is 0 Å². The summed E-state index contributed by atoms with van der Waals surface area (Å²) in [6.45, 7) is 5.66. The van der Waals surface area contributed by atoms with E-state index in [9.17, 15) is 4.79 Å². The van der Waals surface area contributed by atoms with Crippen molar-refractivity contribution >= 4 is 5.97 Å². The zero-order valence-corrected chi connectivity index (χ0v) is 11.6. The number of nitrogens with zero attached hydrogens (tertiary/aromatic N) is 1. The lowest BCUT2D eigenvalue weighted by Gasteiger charge is -2.16. The van der Waals surface area contributed by atoms with E-state index in [4.69, 9.17) is 5.11 Å². The van der Waals surface area contributed by atoms with E-state index in [1.165, 1.54) is 37.9 Å². The van der Waals surface area contributed by atoms with Gasteiger partial charge in [0.05, 0.1) is 6.42 Å². The average Bonchev–Trinajstić information content (AvgIpc) is 2.79. The van der Waals surface area contributed by atoms with E-state index in [0.717, 1.165) is 18.0 Å². The predicted molar refractivity (Wildman–Crippen MR) is 76.1 cm³/mol. The lowest BCUT2D eigenvalue weighted by Crippen LogP contribution is -2.20. The second-order valence-corrected chi connectivity index (χ2v) is 5.57. The van der Waals surface area contributed by atoms with Crippen molar-refractivity contribution in [2.75, 3.05) is 13.1 Å². The standard InChI is InChI=1S/C16H23NO2/c1-2-3-14-8-9-17(11-14)12-15-6-4-13(5-7-15)10-16(18)19/h4-7,14H,2-3,8-12H2,1H3,(H,18,19). The zero-order valence-electron chi connectivity index (χ0n) is 11.6. The molecule has 1 saturated heterocycles. The first kappa shape index (κ1) is 14.1. The molecule has 1 aliphatic heterocycles. The largest absolute Gasteiger partial charge is 0.481 e. The van der Waals surface area contributed by atoms with E-state index < -0.39 is 5.97 Å². The molecule has 1 aromatic rings. The van der Waals surface area contributed by atoms with Crippen molar-refractivity contribution in [3.63, 3.8) is 0 Å². The molecule has 3 heteroatoms. The van der Waals surface area contributed by atoms with Crippen LogP contribution < -0.4 is 0 Å². The number of carboxylic acids is 1. The van der Waals surface area contributed by atoms with Crippen molar-refractivity contribution in [1.82, 2.24) is 4.90 Å². The third-order valence-corrected chi connectivity index (χ3v) is 3.85. The van der Waals surface area contributed by atoms with Crippen LogP contribution in [0.1, 0.15) is 37.3 Å². The van der Waals surface area contributed by atoms with E-state index in [1.54, 1.807) is 0 Å². The van der Waals surface area contributed by atoms with Crippen LogP contribution in [0.25, 0.3) is 0 Å². The highest BCUT2D eigenvalue weighted by molar-refractivity contribution is 5.70. The first-order valence-electron chi connectivity index (χ1n) is 7.19. The second-order valence-electron chi connectivity index (χ2n) is 5.57. The number of aliphatic carboxylic acids is 1. The third-order valence-electron chi connectivity index (χ3n) is 3.85. The maximum absolute atomic E-state index is 10.6. The second kappa shape index (κ2) is 6.71. The smallest absolute Gasteiger partial charge is 0.307 e. The summed E-state index contributed by atoms with van der Waals surface area (Å²) in [5.74, 6) is 0.103. The summed E-state index contributed by atoms with van der Waals surface area (Å²) >= 11 is 0. The van der Waals surface area contributed by atoms with Gasteiger partial charge in [0.25, 0.3) is 0 Å². The SMILES string of the molecule is CCCC1CCN(Cc2ccc(CC(=O)O)cc2)C1. The Kier molecular flexibility index (Phi) is 4.97. The minimum atomic E-state index is -0.769. The Morgan fingerprint density at radius 3 is 2.63 bits per heavy atom. The van der Waals surface area contributed by atoms with Gasteiger partial charge in [0.15, 0.2) is 0 Å². The predicted octanol–water partition coefficient (Wildman–Crippen LogP) is 2.94. The van der Waals surface area contributed by atoms with Gasteiger partial charge in [-0.05, 0) is 36.4 Å². The highest BCUT2D eigenvalue weighted by atomic mass is 16.4. The van der Waals surface area contributed by atoms with Crippen molar-refractivity contribution in [1.29, 1.82) is 0 Å². The molecule has 0 saturated carbocycles. The van der Waals surface area contributed by atoms with Gasteiger partial charge in [-0.1, -0.05) is 37.6 Å². The number of carbonyl (C=O) groups is 1. The van der Waals surface area contributed by atoms with Gasteiger partial charge in [-0.3, -0.25) is 9.69 Å². The molecule has 2 rings (SSSR count). The maximum Gasteiger partial charge on any atom is 0.307 e. The van der Waals surface area contributed by atoms with Crippen LogP contribution in [0.15, 0.2) is 24.3 Å². The van der Waals surface area contributed by atoms with Crippen molar-refractivity contribution in [2.45, 2.75) is 39.2 Å². The fourth-order valence-electron chi connectivity index (χ4n) is 2.90. The molecule has 1 aliphatic rings. The van der Waals surface area contributed by atoms with Crippen molar-refractivity contribution in [3.05, 3.63) is 35.4 Å². The van der Waals surface area contributed by atoms with Gasteiger partial charge in [0.1, 0.15) is 0 Å². The summed E-state index contributed by atoms with van der Waals surface area (Å²) in [6, 6.07) is 7.99. The molecule has 1 N–H and O–H groups in total. The topological polar surface area (TPSA) is 40.5 Å². The number of rotatable bonds is 6. The number of hydrogen-bond acceptors (Lipinski definition) is 2. The van der Waals surface area contributed by atoms with Gasteiger partial charge < -0.3 is 5.11 Å². The van der Waals surface area contributed by atoms with E-state index >= 15 is 0 Å². The molecule has 104 valence electrons. The van der Waals surface area contributed by atoms with Crippen LogP contribution in [0.2, 0.25) is 0 Å². The molecule has 0 spiro atoms. The molecule has 19 heavy (non-hydrogen) atoms. The molecule has 1 unspecified atom stereocenters. The molecular formula is C16H23NO2. The van der Waals surface area contributed by atoms with Crippen LogP contribution in [0, 0.1) is 5.92 Å².